The first-order valence-electron chi connectivity index (χ1n) is 10.1. The number of nitrogens with zero attached hydrogens (tertiary/aromatic N) is 3. The van der Waals surface area contributed by atoms with E-state index in [4.69, 9.17) is 17.0 Å². The van der Waals surface area contributed by atoms with E-state index in [1.54, 1.807) is 7.11 Å². The van der Waals surface area contributed by atoms with Gasteiger partial charge in [0.2, 0.25) is 0 Å². The van der Waals surface area contributed by atoms with Crippen LogP contribution in [0.5, 0.6) is 5.75 Å². The van der Waals surface area contributed by atoms with Gasteiger partial charge in [0.15, 0.2) is 4.77 Å². The number of nitrogens with one attached hydrogen (secondary N) is 2. The normalized spacial score (nSPS) is 14.9. The Morgan fingerprint density at radius 2 is 1.83 bits per heavy atom. The first-order valence-corrected chi connectivity index (χ1v) is 10.5. The summed E-state index contributed by atoms with van der Waals surface area (Å²) < 4.78 is 5.76. The Morgan fingerprint density at radius 3 is 2.59 bits per heavy atom. The molecule has 152 valence electrons. The minimum Gasteiger partial charge on any atom is -0.497 e. The molecule has 0 bridgehead atoms. The molecule has 0 spiro atoms. The fourth-order valence-electron chi connectivity index (χ4n) is 3.77. The van der Waals surface area contributed by atoms with Crippen molar-refractivity contribution in [3.63, 3.8) is 0 Å². The van der Waals surface area contributed by atoms with Gasteiger partial charge in [0.05, 0.1) is 12.6 Å². The van der Waals surface area contributed by atoms with Crippen LogP contribution < -0.4 is 15.0 Å². The van der Waals surface area contributed by atoms with Gasteiger partial charge in [-0.05, 0) is 61.6 Å². The Labute approximate surface area is 176 Å². The van der Waals surface area contributed by atoms with Gasteiger partial charge in [-0.15, -0.1) is 0 Å². The van der Waals surface area contributed by atoms with Gasteiger partial charge in [-0.2, -0.15) is 0 Å². The van der Waals surface area contributed by atoms with Gasteiger partial charge in [-0.25, -0.2) is 4.98 Å². The summed E-state index contributed by atoms with van der Waals surface area (Å²) in [5.41, 5.74) is 2.29. The molecule has 3 aromatic rings. The number of rotatable bonds is 7. The van der Waals surface area contributed by atoms with Gasteiger partial charge in [0.25, 0.3) is 0 Å². The van der Waals surface area contributed by atoms with Crippen LogP contribution >= 0.6 is 12.2 Å². The molecule has 2 aromatic carbocycles. The fraction of sp³-hybridized carbons (Fsp3) is 0.364. The summed E-state index contributed by atoms with van der Waals surface area (Å²) in [6.07, 6.45) is 1.07. The highest BCUT2D eigenvalue weighted by Gasteiger charge is 2.16. The number of hydrogen-bond donors (Lipinski definition) is 2. The molecular formula is C22H27N5OS. The molecular weight excluding hydrogens is 382 g/mol. The van der Waals surface area contributed by atoms with Gasteiger partial charge < -0.3 is 19.9 Å². The zero-order chi connectivity index (χ0) is 20.1. The molecule has 0 unspecified atom stereocenters. The Bertz CT molecular complexity index is 996. The van der Waals surface area contributed by atoms with Crippen LogP contribution in [0.15, 0.2) is 48.5 Å². The van der Waals surface area contributed by atoms with Crippen molar-refractivity contribution in [2.45, 2.75) is 6.42 Å². The minimum absolute atomic E-state index is 0.515. The summed E-state index contributed by atoms with van der Waals surface area (Å²) in [7, 11) is 1.70. The third-order valence-electron chi connectivity index (χ3n) is 5.39. The summed E-state index contributed by atoms with van der Waals surface area (Å²) in [5.74, 6) is 1.77. The number of hydrogen-bond acceptors (Lipinski definition) is 6. The Kier molecular flexibility index (Phi) is 6.27. The molecule has 6 nitrogen and oxygen atoms in total. The van der Waals surface area contributed by atoms with Crippen LogP contribution in [0.2, 0.25) is 0 Å². The molecule has 1 aromatic heterocycles. The van der Waals surface area contributed by atoms with E-state index >= 15 is 0 Å². The number of fused-ring (bicyclic) bond motifs is 1. The second-order valence-corrected chi connectivity index (χ2v) is 7.63. The second-order valence-electron chi connectivity index (χ2n) is 7.24. The minimum atomic E-state index is 0.515. The number of H-pyrrole nitrogens is 1. The summed E-state index contributed by atoms with van der Waals surface area (Å²) in [6.45, 7) is 6.25. The van der Waals surface area contributed by atoms with Gasteiger partial charge >= 0.3 is 0 Å². The lowest BCUT2D eigenvalue weighted by molar-refractivity contribution is 0.257. The molecule has 1 saturated heterocycles. The molecule has 1 fully saturated rings. The van der Waals surface area contributed by atoms with Gasteiger partial charge in [-0.3, -0.25) is 4.90 Å². The quantitative estimate of drug-likeness (QED) is 0.456. The highest BCUT2D eigenvalue weighted by atomic mass is 32.1. The van der Waals surface area contributed by atoms with Crippen molar-refractivity contribution < 1.29 is 4.74 Å². The standard InChI is InChI=1S/C22H27N5OS/c1-28-18-9-7-17(8-10-18)27-15-13-26(14-16-27)12-4-11-23-21-19-5-2-3-6-20(19)24-22(29)25-21/h2-3,5-10H,4,11-16H2,1H3,(H2,23,24,25,29). The van der Waals surface area contributed by atoms with E-state index in [0.29, 0.717) is 4.77 Å². The van der Waals surface area contributed by atoms with Crippen LogP contribution in [-0.4, -0.2) is 61.2 Å². The van der Waals surface area contributed by atoms with Gasteiger partial charge in [0, 0.05) is 43.8 Å². The number of para-hydroxylation sites is 1. The van der Waals surface area contributed by atoms with Crippen molar-refractivity contribution in [1.29, 1.82) is 0 Å². The van der Waals surface area contributed by atoms with Crippen molar-refractivity contribution in [3.8, 4) is 5.75 Å². The fourth-order valence-corrected chi connectivity index (χ4v) is 3.97. The van der Waals surface area contributed by atoms with Crippen molar-refractivity contribution >= 4 is 34.6 Å². The zero-order valence-corrected chi connectivity index (χ0v) is 17.5. The monoisotopic (exact) mass is 409 g/mol. The van der Waals surface area contributed by atoms with E-state index in [1.165, 1.54) is 5.69 Å². The molecule has 1 aliphatic rings. The smallest absolute Gasteiger partial charge is 0.199 e. The van der Waals surface area contributed by atoms with Gasteiger partial charge in [0.1, 0.15) is 11.6 Å². The summed E-state index contributed by atoms with van der Waals surface area (Å²) in [4.78, 5) is 12.6. The Hall–Kier alpha value is -2.64. The predicted molar refractivity (Wildman–Crippen MR) is 122 cm³/mol. The number of piperazine rings is 1. The molecule has 0 radical (unpaired) electrons. The van der Waals surface area contributed by atoms with E-state index in [0.717, 1.165) is 68.2 Å². The van der Waals surface area contributed by atoms with Crippen LogP contribution in [0.3, 0.4) is 0 Å². The lowest BCUT2D eigenvalue weighted by atomic mass is 10.2. The largest absolute Gasteiger partial charge is 0.497 e. The third-order valence-corrected chi connectivity index (χ3v) is 5.58. The number of methoxy groups -OCH3 is 1. The lowest BCUT2D eigenvalue weighted by Crippen LogP contribution is -2.46. The Balaban J connectivity index is 1.24. The molecule has 1 aliphatic heterocycles. The van der Waals surface area contributed by atoms with E-state index in [2.05, 4.69) is 43.3 Å². The molecule has 7 heteroatoms. The SMILES string of the molecule is COc1ccc(N2CCN(CCCNc3nc(=S)[nH]c4ccccc34)CC2)cc1. The average Bonchev–Trinajstić information content (AvgIpc) is 2.77. The van der Waals surface area contributed by atoms with Crippen LogP contribution in [0.4, 0.5) is 11.5 Å². The van der Waals surface area contributed by atoms with E-state index < -0.39 is 0 Å². The van der Waals surface area contributed by atoms with Crippen molar-refractivity contribution in [1.82, 2.24) is 14.9 Å². The van der Waals surface area contributed by atoms with E-state index in [9.17, 15) is 0 Å². The molecule has 4 rings (SSSR count). The van der Waals surface area contributed by atoms with Crippen LogP contribution in [0.25, 0.3) is 10.9 Å². The van der Waals surface area contributed by atoms with Crippen molar-refractivity contribution in [2.24, 2.45) is 0 Å². The molecule has 2 heterocycles. The first-order chi connectivity index (χ1) is 14.2. The number of anilines is 2. The van der Waals surface area contributed by atoms with Crippen LogP contribution in [0, 0.1) is 4.77 Å². The van der Waals surface area contributed by atoms with Crippen molar-refractivity contribution in [3.05, 3.63) is 53.3 Å². The van der Waals surface area contributed by atoms with Crippen LogP contribution in [0.1, 0.15) is 6.42 Å². The first kappa shape index (κ1) is 19.7. The van der Waals surface area contributed by atoms with Crippen molar-refractivity contribution in [2.75, 3.05) is 56.6 Å². The van der Waals surface area contributed by atoms with E-state index in [-0.39, 0.29) is 0 Å². The summed E-state index contributed by atoms with van der Waals surface area (Å²) >= 11 is 5.25. The van der Waals surface area contributed by atoms with Gasteiger partial charge in [-0.1, -0.05) is 12.1 Å². The zero-order valence-electron chi connectivity index (χ0n) is 16.7. The molecule has 29 heavy (non-hydrogen) atoms. The maximum Gasteiger partial charge on any atom is 0.199 e. The average molecular weight is 410 g/mol. The molecule has 2 N–H and O–H groups in total. The summed E-state index contributed by atoms with van der Waals surface area (Å²) in [5, 5.41) is 4.54. The number of ether oxygens (including phenoxy) is 1. The highest BCUT2D eigenvalue weighted by Crippen LogP contribution is 2.21. The Morgan fingerprint density at radius 1 is 1.07 bits per heavy atom. The molecule has 0 amide bonds. The summed E-state index contributed by atoms with van der Waals surface area (Å²) in [6, 6.07) is 16.5. The highest BCUT2D eigenvalue weighted by molar-refractivity contribution is 7.71. The molecule has 0 saturated carbocycles. The lowest BCUT2D eigenvalue weighted by Gasteiger charge is -2.36. The second kappa shape index (κ2) is 9.24. The maximum absolute atomic E-state index is 5.25. The topological polar surface area (TPSA) is 56.4 Å². The van der Waals surface area contributed by atoms with E-state index in [1.807, 2.05) is 30.3 Å². The third kappa shape index (κ3) is 4.86. The molecule has 0 aliphatic carbocycles. The van der Waals surface area contributed by atoms with Crippen LogP contribution in [-0.2, 0) is 0 Å². The number of aromatic nitrogens is 2. The number of aromatic amines is 1. The predicted octanol–water partition coefficient (Wildman–Crippen LogP) is 3.93. The maximum atomic E-state index is 5.25. The molecule has 0 atom stereocenters. The number of benzene rings is 2.